The molecule has 0 saturated heterocycles. The number of hydrogen-bond acceptors (Lipinski definition) is 4. The Hall–Kier alpha value is -0.580. The molecule has 0 aromatic carbocycles. The summed E-state index contributed by atoms with van der Waals surface area (Å²) in [5.41, 5.74) is 9.74. The number of rotatable bonds is 5. The van der Waals surface area contributed by atoms with Crippen LogP contribution in [0.5, 0.6) is 0 Å². The van der Waals surface area contributed by atoms with Crippen LogP contribution in [0.25, 0.3) is 0 Å². The van der Waals surface area contributed by atoms with Crippen LogP contribution in [0.4, 0.5) is 0 Å². The number of hydrogen-bond donors (Lipinski definition) is 4. The highest BCUT2D eigenvalue weighted by atomic mass is 16.3. The molecule has 0 rings (SSSR count). The summed E-state index contributed by atoms with van der Waals surface area (Å²) in [6.07, 6.45) is 1.30. The van der Waals surface area contributed by atoms with Crippen molar-refractivity contribution in [3.05, 3.63) is 11.3 Å². The Kier molecular flexibility index (Phi) is 5.70. The minimum absolute atomic E-state index is 0.537. The molecule has 0 radical (unpaired) electrons. The quantitative estimate of drug-likeness (QED) is 0.344. The molecule has 0 fully saturated rings. The van der Waals surface area contributed by atoms with Gasteiger partial charge in [-0.25, -0.2) is 0 Å². The van der Waals surface area contributed by atoms with Gasteiger partial charge in [0.25, 0.3) is 0 Å². The lowest BCUT2D eigenvalue weighted by molar-refractivity contribution is 0.227. The normalized spacial score (nSPS) is 15.7. The van der Waals surface area contributed by atoms with Crippen molar-refractivity contribution in [3.63, 3.8) is 0 Å². The highest BCUT2D eigenvalue weighted by Gasteiger charge is 2.06. The van der Waals surface area contributed by atoms with Crippen LogP contribution in [0.3, 0.4) is 0 Å². The molecule has 0 aromatic heterocycles. The van der Waals surface area contributed by atoms with Gasteiger partial charge in [-0.1, -0.05) is 13.3 Å². The Morgan fingerprint density at radius 1 is 1.58 bits per heavy atom. The molecule has 72 valence electrons. The minimum atomic E-state index is -0.583. The Bertz CT molecular complexity index is 146. The van der Waals surface area contributed by atoms with Crippen molar-refractivity contribution >= 4 is 0 Å². The summed E-state index contributed by atoms with van der Waals surface area (Å²) in [5.74, 6) is 5.18. The first-order valence-electron chi connectivity index (χ1n) is 4.22. The summed E-state index contributed by atoms with van der Waals surface area (Å²) in [6, 6.07) is 0. The van der Waals surface area contributed by atoms with Gasteiger partial charge in [-0.05, 0) is 18.9 Å². The molecule has 0 bridgehead atoms. The van der Waals surface area contributed by atoms with Crippen molar-refractivity contribution in [3.8, 4) is 0 Å². The van der Waals surface area contributed by atoms with Crippen molar-refractivity contribution < 1.29 is 5.11 Å². The van der Waals surface area contributed by atoms with Crippen LogP contribution in [-0.4, -0.2) is 17.8 Å². The third-order valence-electron chi connectivity index (χ3n) is 1.73. The SMILES string of the molecule is CCC/C(CNN)=C(/N)C(C)O. The van der Waals surface area contributed by atoms with Gasteiger partial charge in [0.15, 0.2) is 0 Å². The molecule has 12 heavy (non-hydrogen) atoms. The zero-order valence-corrected chi connectivity index (χ0v) is 7.80. The third-order valence-corrected chi connectivity index (χ3v) is 1.73. The van der Waals surface area contributed by atoms with E-state index in [1.807, 2.05) is 0 Å². The van der Waals surface area contributed by atoms with Crippen molar-refractivity contribution in [1.29, 1.82) is 0 Å². The Balaban J connectivity index is 4.32. The second kappa shape index (κ2) is 5.99. The van der Waals surface area contributed by atoms with E-state index in [-0.39, 0.29) is 0 Å². The summed E-state index contributed by atoms with van der Waals surface area (Å²) in [7, 11) is 0. The van der Waals surface area contributed by atoms with Crippen molar-refractivity contribution in [1.82, 2.24) is 5.43 Å². The molecule has 1 atom stereocenters. The first-order valence-corrected chi connectivity index (χ1v) is 4.22. The van der Waals surface area contributed by atoms with Crippen LogP contribution in [0, 0.1) is 0 Å². The molecule has 0 spiro atoms. The topological polar surface area (TPSA) is 84.3 Å². The predicted molar refractivity (Wildman–Crippen MR) is 50.0 cm³/mol. The highest BCUT2D eigenvalue weighted by molar-refractivity contribution is 5.15. The van der Waals surface area contributed by atoms with Gasteiger partial charge in [-0.3, -0.25) is 11.3 Å². The smallest absolute Gasteiger partial charge is 0.0904 e. The molecule has 0 heterocycles. The van der Waals surface area contributed by atoms with Crippen LogP contribution in [-0.2, 0) is 0 Å². The van der Waals surface area contributed by atoms with Gasteiger partial charge >= 0.3 is 0 Å². The van der Waals surface area contributed by atoms with E-state index in [4.69, 9.17) is 11.6 Å². The van der Waals surface area contributed by atoms with E-state index < -0.39 is 6.10 Å². The van der Waals surface area contributed by atoms with Crippen LogP contribution in [0.2, 0.25) is 0 Å². The van der Waals surface area contributed by atoms with E-state index >= 15 is 0 Å². The summed E-state index contributed by atoms with van der Waals surface area (Å²) in [5, 5.41) is 9.19. The zero-order valence-electron chi connectivity index (χ0n) is 7.80. The number of nitrogens with two attached hydrogens (primary N) is 2. The second-order valence-corrected chi connectivity index (χ2v) is 2.87. The molecule has 4 heteroatoms. The van der Waals surface area contributed by atoms with Gasteiger partial charge in [0.2, 0.25) is 0 Å². The van der Waals surface area contributed by atoms with E-state index in [0.29, 0.717) is 12.2 Å². The Morgan fingerprint density at radius 3 is 2.50 bits per heavy atom. The number of nitrogens with one attached hydrogen (secondary N) is 1. The molecular formula is C8H19N3O. The lowest BCUT2D eigenvalue weighted by atomic mass is 10.1. The fourth-order valence-corrected chi connectivity index (χ4v) is 1.06. The van der Waals surface area contributed by atoms with Gasteiger partial charge in [0.1, 0.15) is 0 Å². The lowest BCUT2D eigenvalue weighted by Gasteiger charge is -2.12. The summed E-state index contributed by atoms with van der Waals surface area (Å²) < 4.78 is 0. The number of aliphatic hydroxyl groups is 1. The molecule has 4 nitrogen and oxygen atoms in total. The molecule has 0 saturated carbocycles. The van der Waals surface area contributed by atoms with E-state index in [2.05, 4.69) is 12.3 Å². The molecule has 1 unspecified atom stereocenters. The summed E-state index contributed by atoms with van der Waals surface area (Å²) >= 11 is 0. The largest absolute Gasteiger partial charge is 0.400 e. The van der Waals surface area contributed by atoms with Gasteiger partial charge in [-0.15, -0.1) is 0 Å². The first kappa shape index (κ1) is 11.4. The van der Waals surface area contributed by atoms with Gasteiger partial charge in [-0.2, -0.15) is 0 Å². The lowest BCUT2D eigenvalue weighted by Crippen LogP contribution is -2.28. The molecule has 0 aliphatic heterocycles. The average Bonchev–Trinajstić information content (AvgIpc) is 2.03. The van der Waals surface area contributed by atoms with Crippen LogP contribution >= 0.6 is 0 Å². The molecule has 6 N–H and O–H groups in total. The van der Waals surface area contributed by atoms with E-state index in [9.17, 15) is 5.11 Å². The highest BCUT2D eigenvalue weighted by Crippen LogP contribution is 2.09. The fourth-order valence-electron chi connectivity index (χ4n) is 1.06. The maximum Gasteiger partial charge on any atom is 0.0904 e. The number of hydrazine groups is 1. The maximum atomic E-state index is 9.19. The van der Waals surface area contributed by atoms with Gasteiger partial charge < -0.3 is 10.8 Å². The maximum absolute atomic E-state index is 9.19. The minimum Gasteiger partial charge on any atom is -0.400 e. The van der Waals surface area contributed by atoms with Crippen molar-refractivity contribution in [2.75, 3.05) is 6.54 Å². The van der Waals surface area contributed by atoms with Crippen LogP contribution < -0.4 is 17.0 Å². The summed E-state index contributed by atoms with van der Waals surface area (Å²) in [4.78, 5) is 0. The molecular weight excluding hydrogens is 154 g/mol. The molecule has 0 aromatic rings. The number of aliphatic hydroxyl groups excluding tert-OH is 1. The predicted octanol–water partition coefficient (Wildman–Crippen LogP) is -0.157. The van der Waals surface area contributed by atoms with E-state index in [1.54, 1.807) is 6.92 Å². The second-order valence-electron chi connectivity index (χ2n) is 2.87. The molecule has 0 aliphatic rings. The fraction of sp³-hybridized carbons (Fsp3) is 0.750. The van der Waals surface area contributed by atoms with Crippen LogP contribution in [0.1, 0.15) is 26.7 Å². The molecule has 0 amide bonds. The van der Waals surface area contributed by atoms with Gasteiger partial charge in [0, 0.05) is 12.2 Å². The Labute approximate surface area is 73.6 Å². The van der Waals surface area contributed by atoms with Crippen molar-refractivity contribution in [2.24, 2.45) is 11.6 Å². The molecule has 0 aliphatic carbocycles. The van der Waals surface area contributed by atoms with Gasteiger partial charge in [0.05, 0.1) is 6.10 Å². The van der Waals surface area contributed by atoms with Crippen LogP contribution in [0.15, 0.2) is 11.3 Å². The zero-order chi connectivity index (χ0) is 9.56. The van der Waals surface area contributed by atoms with Crippen molar-refractivity contribution in [2.45, 2.75) is 32.8 Å². The third kappa shape index (κ3) is 3.71. The monoisotopic (exact) mass is 173 g/mol. The average molecular weight is 173 g/mol. The van der Waals surface area contributed by atoms with E-state index in [0.717, 1.165) is 18.4 Å². The Morgan fingerprint density at radius 2 is 2.17 bits per heavy atom. The first-order chi connectivity index (χ1) is 5.63. The standard InChI is InChI=1S/C8H19N3O/c1-3-4-7(5-11-10)8(9)6(2)12/h6,11-12H,3-5,9-10H2,1-2H3/b8-7-. The summed E-state index contributed by atoms with van der Waals surface area (Å²) in [6.45, 7) is 4.26. The van der Waals surface area contributed by atoms with E-state index in [1.165, 1.54) is 0 Å².